The molecule has 0 spiro atoms. The Labute approximate surface area is 106 Å². The van der Waals surface area contributed by atoms with Crippen LogP contribution in [-0.4, -0.2) is 47.6 Å². The lowest BCUT2D eigenvalue weighted by Crippen LogP contribution is -2.67. The van der Waals surface area contributed by atoms with Crippen molar-refractivity contribution in [2.45, 2.75) is 10.5 Å². The van der Waals surface area contributed by atoms with Gasteiger partial charge in [-0.25, -0.2) is 13.2 Å². The van der Waals surface area contributed by atoms with Crippen LogP contribution >= 0.6 is 22.9 Å². The molecule has 2 heterocycles. The summed E-state index contributed by atoms with van der Waals surface area (Å²) < 4.78 is 24.9. The third-order valence-corrected chi connectivity index (χ3v) is 5.72. The Morgan fingerprint density at radius 3 is 2.53 bits per heavy atom. The van der Waals surface area contributed by atoms with E-state index in [1.807, 2.05) is 0 Å². The van der Waals surface area contributed by atoms with Crippen LogP contribution in [0.4, 0.5) is 0 Å². The number of hydrogen-bond acceptors (Lipinski definition) is 5. The van der Waals surface area contributed by atoms with Gasteiger partial charge in [-0.3, -0.25) is 0 Å². The molecule has 1 aromatic rings. The van der Waals surface area contributed by atoms with Crippen LogP contribution in [0.5, 0.6) is 0 Å². The van der Waals surface area contributed by atoms with Gasteiger partial charge >= 0.3 is 5.97 Å². The molecule has 6 nitrogen and oxygen atoms in total. The van der Waals surface area contributed by atoms with E-state index >= 15 is 0 Å². The number of carboxylic acid groups (broad SMARTS) is 1. The molecule has 0 saturated carbocycles. The number of aliphatic hydroxyl groups is 1. The Kier molecular flexibility index (Phi) is 2.95. The zero-order valence-corrected chi connectivity index (χ0v) is 10.7. The average Bonchev–Trinajstić information content (AvgIpc) is 2.59. The van der Waals surface area contributed by atoms with Crippen molar-refractivity contribution in [1.82, 2.24) is 4.31 Å². The number of thiophene rings is 1. The van der Waals surface area contributed by atoms with Gasteiger partial charge in [0.05, 0.1) is 13.1 Å². The van der Waals surface area contributed by atoms with Crippen LogP contribution in [0.15, 0.2) is 16.3 Å². The summed E-state index contributed by atoms with van der Waals surface area (Å²) in [4.78, 5) is 10.6. The highest BCUT2D eigenvalue weighted by Crippen LogP contribution is 2.34. The molecule has 94 valence electrons. The summed E-state index contributed by atoms with van der Waals surface area (Å²) in [7, 11) is -3.81. The van der Waals surface area contributed by atoms with E-state index in [4.69, 9.17) is 16.7 Å². The van der Waals surface area contributed by atoms with Crippen LogP contribution < -0.4 is 0 Å². The van der Waals surface area contributed by atoms with Gasteiger partial charge in [-0.05, 0) is 11.4 Å². The minimum atomic E-state index is -3.81. The second kappa shape index (κ2) is 3.92. The van der Waals surface area contributed by atoms with Crippen molar-refractivity contribution in [3.05, 3.63) is 15.8 Å². The lowest BCUT2D eigenvalue weighted by Gasteiger charge is -2.41. The molecule has 0 atom stereocenters. The number of halogens is 1. The number of β-amino-alcohol motifs (C(OH)–C–C–N with tert-alkyl or cyclic N) is 1. The van der Waals surface area contributed by atoms with Crippen LogP contribution in [-0.2, 0) is 14.8 Å². The minimum absolute atomic E-state index is 0.0587. The standard InChI is InChI=1S/C8H8ClNO5S2/c9-6-5(1-2-16-6)17(14,15)10-3-8(13,4-10)7(11)12/h1-2,13H,3-4H2,(H,11,12). The van der Waals surface area contributed by atoms with E-state index in [0.29, 0.717) is 0 Å². The summed E-state index contributed by atoms with van der Waals surface area (Å²) in [5.41, 5.74) is -1.99. The Morgan fingerprint density at radius 2 is 2.12 bits per heavy atom. The first-order chi connectivity index (χ1) is 7.77. The normalized spacial score (nSPS) is 19.9. The number of carboxylic acids is 1. The van der Waals surface area contributed by atoms with Crippen LogP contribution in [0.2, 0.25) is 4.34 Å². The summed E-state index contributed by atoms with van der Waals surface area (Å²) in [5.74, 6) is -1.43. The second-order valence-corrected chi connectivity index (χ2v) is 7.09. The van der Waals surface area contributed by atoms with Gasteiger partial charge in [-0.2, -0.15) is 4.31 Å². The molecule has 1 aromatic heterocycles. The first-order valence-electron chi connectivity index (χ1n) is 4.46. The molecule has 0 radical (unpaired) electrons. The van der Waals surface area contributed by atoms with Gasteiger partial charge in [0.15, 0.2) is 5.60 Å². The second-order valence-electron chi connectivity index (χ2n) is 3.67. The van der Waals surface area contributed by atoms with Gasteiger partial charge < -0.3 is 10.2 Å². The highest BCUT2D eigenvalue weighted by molar-refractivity contribution is 7.89. The molecule has 2 N–H and O–H groups in total. The van der Waals surface area contributed by atoms with Gasteiger partial charge in [0.1, 0.15) is 9.23 Å². The van der Waals surface area contributed by atoms with Crippen molar-refractivity contribution in [2.24, 2.45) is 0 Å². The van der Waals surface area contributed by atoms with Gasteiger partial charge in [0, 0.05) is 0 Å². The number of aliphatic carboxylic acids is 1. The molecule has 1 fully saturated rings. The first-order valence-corrected chi connectivity index (χ1v) is 7.16. The summed E-state index contributed by atoms with van der Waals surface area (Å²) in [5, 5.41) is 19.6. The van der Waals surface area contributed by atoms with E-state index in [-0.39, 0.29) is 9.23 Å². The van der Waals surface area contributed by atoms with E-state index in [9.17, 15) is 18.3 Å². The van der Waals surface area contributed by atoms with Crippen molar-refractivity contribution in [3.63, 3.8) is 0 Å². The number of hydrogen-bond donors (Lipinski definition) is 2. The van der Waals surface area contributed by atoms with E-state index in [1.165, 1.54) is 11.4 Å². The van der Waals surface area contributed by atoms with Crippen LogP contribution in [0.1, 0.15) is 0 Å². The van der Waals surface area contributed by atoms with E-state index in [2.05, 4.69) is 0 Å². The zero-order valence-electron chi connectivity index (χ0n) is 8.33. The Bertz CT molecular complexity index is 560. The maximum atomic E-state index is 12.0. The summed E-state index contributed by atoms with van der Waals surface area (Å²) in [6.07, 6.45) is 0. The number of sulfonamides is 1. The molecular weight excluding hydrogens is 290 g/mol. The van der Waals surface area contributed by atoms with Gasteiger partial charge in [0.25, 0.3) is 0 Å². The van der Waals surface area contributed by atoms with Crippen molar-refractivity contribution < 1.29 is 23.4 Å². The molecule has 0 aromatic carbocycles. The molecule has 1 aliphatic heterocycles. The van der Waals surface area contributed by atoms with Crippen molar-refractivity contribution >= 4 is 38.9 Å². The molecule has 0 aliphatic carbocycles. The topological polar surface area (TPSA) is 94.9 Å². The molecule has 2 rings (SSSR count). The van der Waals surface area contributed by atoms with Crippen molar-refractivity contribution in [3.8, 4) is 0 Å². The quantitative estimate of drug-likeness (QED) is 0.832. The molecule has 1 aliphatic rings. The van der Waals surface area contributed by atoms with Gasteiger partial charge in [-0.15, -0.1) is 11.3 Å². The number of nitrogens with zero attached hydrogens (tertiary/aromatic N) is 1. The van der Waals surface area contributed by atoms with E-state index < -0.39 is 34.7 Å². The lowest BCUT2D eigenvalue weighted by atomic mass is 9.98. The lowest BCUT2D eigenvalue weighted by molar-refractivity contribution is -0.170. The third kappa shape index (κ3) is 1.95. The summed E-state index contributed by atoms with van der Waals surface area (Å²) in [6, 6.07) is 1.35. The summed E-state index contributed by atoms with van der Waals surface area (Å²) >= 11 is 6.79. The highest BCUT2D eigenvalue weighted by atomic mass is 35.5. The van der Waals surface area contributed by atoms with E-state index in [1.54, 1.807) is 0 Å². The fraction of sp³-hybridized carbons (Fsp3) is 0.375. The predicted octanol–water partition coefficient (Wildman–Crippen LogP) is 0.222. The monoisotopic (exact) mass is 297 g/mol. The predicted molar refractivity (Wildman–Crippen MR) is 60.7 cm³/mol. The fourth-order valence-corrected chi connectivity index (χ4v) is 4.50. The third-order valence-electron chi connectivity index (χ3n) is 2.48. The largest absolute Gasteiger partial charge is 0.479 e. The SMILES string of the molecule is O=C(O)C1(O)CN(S(=O)(=O)c2ccsc2Cl)C1. The molecule has 0 unspecified atom stereocenters. The van der Waals surface area contributed by atoms with Crippen molar-refractivity contribution in [1.29, 1.82) is 0 Å². The molecule has 0 bridgehead atoms. The van der Waals surface area contributed by atoms with Crippen LogP contribution in [0, 0.1) is 0 Å². The average molecular weight is 298 g/mol. The Balaban J connectivity index is 2.22. The van der Waals surface area contributed by atoms with Crippen LogP contribution in [0.3, 0.4) is 0 Å². The Hall–Kier alpha value is -0.670. The molecule has 17 heavy (non-hydrogen) atoms. The zero-order chi connectivity index (χ0) is 12.8. The highest BCUT2D eigenvalue weighted by Gasteiger charge is 2.53. The Morgan fingerprint density at radius 1 is 1.53 bits per heavy atom. The van der Waals surface area contributed by atoms with Crippen molar-refractivity contribution in [2.75, 3.05) is 13.1 Å². The van der Waals surface area contributed by atoms with Crippen LogP contribution in [0.25, 0.3) is 0 Å². The number of carbonyl (C=O) groups is 1. The molecule has 1 saturated heterocycles. The molecule has 0 amide bonds. The van der Waals surface area contributed by atoms with E-state index in [0.717, 1.165) is 15.6 Å². The molecule has 9 heteroatoms. The number of rotatable bonds is 3. The van der Waals surface area contributed by atoms with Gasteiger partial charge in [-0.1, -0.05) is 11.6 Å². The fourth-order valence-electron chi connectivity index (χ4n) is 1.45. The smallest absolute Gasteiger partial charge is 0.338 e. The maximum Gasteiger partial charge on any atom is 0.338 e. The summed E-state index contributed by atoms with van der Waals surface area (Å²) in [6.45, 7) is -0.923. The maximum absolute atomic E-state index is 12.0. The molecular formula is C8H8ClNO5S2. The first kappa shape index (κ1) is 12.8. The minimum Gasteiger partial charge on any atom is -0.479 e. The van der Waals surface area contributed by atoms with Gasteiger partial charge in [0.2, 0.25) is 10.0 Å².